The molecule has 1 rings (SSSR count). The number of carbonyl (C=O) groups is 2. The molecule has 104 valence electrons. The summed E-state index contributed by atoms with van der Waals surface area (Å²) < 4.78 is 10.1. The Labute approximate surface area is 108 Å². The van der Waals surface area contributed by atoms with Crippen LogP contribution in [0.3, 0.4) is 0 Å². The molecule has 18 heavy (non-hydrogen) atoms. The number of rotatable bonds is 6. The van der Waals surface area contributed by atoms with Gasteiger partial charge in [-0.25, -0.2) is 0 Å². The fourth-order valence-corrected chi connectivity index (χ4v) is 2.32. The lowest BCUT2D eigenvalue weighted by Gasteiger charge is -2.26. The van der Waals surface area contributed by atoms with Crippen LogP contribution in [0.15, 0.2) is 0 Å². The van der Waals surface area contributed by atoms with Crippen molar-refractivity contribution in [3.8, 4) is 0 Å². The SMILES string of the molecule is CCC1OCCC1C(=O)N(CC)CCC(=O)OC. The highest BCUT2D eigenvalue weighted by atomic mass is 16.5. The first-order chi connectivity index (χ1) is 8.63. The van der Waals surface area contributed by atoms with E-state index in [1.165, 1.54) is 7.11 Å². The van der Waals surface area contributed by atoms with Crippen molar-refractivity contribution < 1.29 is 19.1 Å². The van der Waals surface area contributed by atoms with Crippen LogP contribution in [0.5, 0.6) is 0 Å². The Balaban J connectivity index is 2.53. The number of hydrogen-bond donors (Lipinski definition) is 0. The number of nitrogens with zero attached hydrogens (tertiary/aromatic N) is 1. The molecule has 0 bridgehead atoms. The average Bonchev–Trinajstić information content (AvgIpc) is 2.86. The van der Waals surface area contributed by atoms with Crippen molar-refractivity contribution >= 4 is 11.9 Å². The summed E-state index contributed by atoms with van der Waals surface area (Å²) in [4.78, 5) is 25.2. The first kappa shape index (κ1) is 15.0. The van der Waals surface area contributed by atoms with Gasteiger partial charge in [-0.2, -0.15) is 0 Å². The van der Waals surface area contributed by atoms with E-state index in [1.54, 1.807) is 4.90 Å². The summed E-state index contributed by atoms with van der Waals surface area (Å²) >= 11 is 0. The summed E-state index contributed by atoms with van der Waals surface area (Å²) in [5.74, 6) is -0.227. The number of amides is 1. The summed E-state index contributed by atoms with van der Waals surface area (Å²) in [5, 5.41) is 0. The zero-order chi connectivity index (χ0) is 13.5. The topological polar surface area (TPSA) is 55.8 Å². The van der Waals surface area contributed by atoms with E-state index in [9.17, 15) is 9.59 Å². The maximum atomic E-state index is 12.3. The maximum Gasteiger partial charge on any atom is 0.307 e. The van der Waals surface area contributed by atoms with Crippen molar-refractivity contribution in [3.05, 3.63) is 0 Å². The lowest BCUT2D eigenvalue weighted by atomic mass is 9.98. The third-order valence-electron chi connectivity index (χ3n) is 3.44. The van der Waals surface area contributed by atoms with Gasteiger partial charge in [-0.05, 0) is 19.8 Å². The molecule has 1 heterocycles. The quantitative estimate of drug-likeness (QED) is 0.671. The highest BCUT2D eigenvalue weighted by molar-refractivity contribution is 5.80. The van der Waals surface area contributed by atoms with Crippen LogP contribution in [0.1, 0.15) is 33.1 Å². The molecule has 5 nitrogen and oxygen atoms in total. The van der Waals surface area contributed by atoms with E-state index in [4.69, 9.17) is 4.74 Å². The van der Waals surface area contributed by atoms with E-state index >= 15 is 0 Å². The fourth-order valence-electron chi connectivity index (χ4n) is 2.32. The van der Waals surface area contributed by atoms with Crippen LogP contribution in [0, 0.1) is 5.92 Å². The maximum absolute atomic E-state index is 12.3. The minimum atomic E-state index is -0.282. The van der Waals surface area contributed by atoms with E-state index in [0.29, 0.717) is 19.7 Å². The number of ether oxygens (including phenoxy) is 2. The molecule has 0 aromatic carbocycles. The van der Waals surface area contributed by atoms with Gasteiger partial charge < -0.3 is 14.4 Å². The number of carbonyl (C=O) groups excluding carboxylic acids is 2. The van der Waals surface area contributed by atoms with Crippen molar-refractivity contribution in [1.29, 1.82) is 0 Å². The van der Waals surface area contributed by atoms with Gasteiger partial charge in [0, 0.05) is 19.7 Å². The molecule has 0 radical (unpaired) electrons. The van der Waals surface area contributed by atoms with E-state index < -0.39 is 0 Å². The molecule has 1 aliphatic rings. The van der Waals surface area contributed by atoms with Gasteiger partial charge in [-0.15, -0.1) is 0 Å². The Bertz CT molecular complexity index is 293. The van der Waals surface area contributed by atoms with Crippen molar-refractivity contribution in [3.63, 3.8) is 0 Å². The normalized spacial score (nSPS) is 22.8. The number of hydrogen-bond acceptors (Lipinski definition) is 4. The molecule has 1 saturated heterocycles. The largest absolute Gasteiger partial charge is 0.469 e. The molecule has 0 N–H and O–H groups in total. The summed E-state index contributed by atoms with van der Waals surface area (Å²) in [5.41, 5.74) is 0. The lowest BCUT2D eigenvalue weighted by Crippen LogP contribution is -2.40. The highest BCUT2D eigenvalue weighted by Crippen LogP contribution is 2.25. The first-order valence-corrected chi connectivity index (χ1v) is 6.61. The second kappa shape index (κ2) is 7.36. The first-order valence-electron chi connectivity index (χ1n) is 6.61. The van der Waals surface area contributed by atoms with Gasteiger partial charge >= 0.3 is 5.97 Å². The van der Waals surface area contributed by atoms with Gasteiger partial charge in [0.25, 0.3) is 0 Å². The van der Waals surface area contributed by atoms with Crippen LogP contribution in [-0.4, -0.2) is 49.7 Å². The molecular formula is C13H23NO4. The zero-order valence-corrected chi connectivity index (χ0v) is 11.5. The predicted octanol–water partition coefficient (Wildman–Crippen LogP) is 1.21. The Hall–Kier alpha value is -1.10. The van der Waals surface area contributed by atoms with Crippen LogP contribution in [0.2, 0.25) is 0 Å². The molecule has 1 fully saturated rings. The van der Waals surface area contributed by atoms with E-state index in [0.717, 1.165) is 12.8 Å². The van der Waals surface area contributed by atoms with E-state index in [1.807, 2.05) is 13.8 Å². The summed E-state index contributed by atoms with van der Waals surface area (Å²) in [6.45, 7) is 5.65. The number of esters is 1. The van der Waals surface area contributed by atoms with Crippen LogP contribution in [-0.2, 0) is 19.1 Å². The molecule has 5 heteroatoms. The van der Waals surface area contributed by atoms with Crippen LogP contribution < -0.4 is 0 Å². The minimum Gasteiger partial charge on any atom is -0.469 e. The molecule has 1 amide bonds. The zero-order valence-electron chi connectivity index (χ0n) is 11.5. The molecule has 2 unspecified atom stereocenters. The Kier molecular flexibility index (Phi) is 6.12. The molecule has 0 spiro atoms. The summed E-state index contributed by atoms with van der Waals surface area (Å²) in [6.07, 6.45) is 1.92. The second-order valence-corrected chi connectivity index (χ2v) is 4.46. The monoisotopic (exact) mass is 257 g/mol. The van der Waals surface area contributed by atoms with Crippen molar-refractivity contribution in [2.75, 3.05) is 26.8 Å². The third kappa shape index (κ3) is 3.70. The molecule has 1 aliphatic heterocycles. The van der Waals surface area contributed by atoms with Gasteiger partial charge in [0.05, 0.1) is 25.6 Å². The van der Waals surface area contributed by atoms with Crippen LogP contribution in [0.4, 0.5) is 0 Å². The minimum absolute atomic E-state index is 0.0321. The van der Waals surface area contributed by atoms with E-state index in [2.05, 4.69) is 4.74 Å². The smallest absolute Gasteiger partial charge is 0.307 e. The Morgan fingerprint density at radius 3 is 2.67 bits per heavy atom. The Morgan fingerprint density at radius 2 is 2.11 bits per heavy atom. The molecule has 0 aromatic heterocycles. The summed E-state index contributed by atoms with van der Waals surface area (Å²) in [7, 11) is 1.36. The van der Waals surface area contributed by atoms with E-state index in [-0.39, 0.29) is 30.3 Å². The van der Waals surface area contributed by atoms with Crippen LogP contribution in [0.25, 0.3) is 0 Å². The number of methoxy groups -OCH3 is 1. The standard InChI is InChI=1S/C13H23NO4/c1-4-11-10(7-9-18-11)13(16)14(5-2)8-6-12(15)17-3/h10-11H,4-9H2,1-3H3. The van der Waals surface area contributed by atoms with Gasteiger partial charge in [0.15, 0.2) is 0 Å². The van der Waals surface area contributed by atoms with Crippen molar-refractivity contribution in [1.82, 2.24) is 4.90 Å². The Morgan fingerprint density at radius 1 is 1.39 bits per heavy atom. The molecule has 0 aromatic rings. The lowest BCUT2D eigenvalue weighted by molar-refractivity contribution is -0.142. The fraction of sp³-hybridized carbons (Fsp3) is 0.846. The summed E-state index contributed by atoms with van der Waals surface area (Å²) in [6, 6.07) is 0. The van der Waals surface area contributed by atoms with Crippen molar-refractivity contribution in [2.45, 2.75) is 39.2 Å². The van der Waals surface area contributed by atoms with Gasteiger partial charge in [-0.3, -0.25) is 9.59 Å². The van der Waals surface area contributed by atoms with Crippen LogP contribution >= 0.6 is 0 Å². The molecule has 0 saturated carbocycles. The highest BCUT2D eigenvalue weighted by Gasteiger charge is 2.35. The predicted molar refractivity (Wildman–Crippen MR) is 67.0 cm³/mol. The second-order valence-electron chi connectivity index (χ2n) is 4.46. The van der Waals surface area contributed by atoms with Crippen molar-refractivity contribution in [2.24, 2.45) is 5.92 Å². The van der Waals surface area contributed by atoms with Gasteiger partial charge in [0.2, 0.25) is 5.91 Å². The van der Waals surface area contributed by atoms with Gasteiger partial charge in [-0.1, -0.05) is 6.92 Å². The average molecular weight is 257 g/mol. The van der Waals surface area contributed by atoms with Gasteiger partial charge in [0.1, 0.15) is 0 Å². The molecular weight excluding hydrogens is 234 g/mol. The molecule has 0 aliphatic carbocycles. The third-order valence-corrected chi connectivity index (χ3v) is 3.44. The molecule has 2 atom stereocenters.